The van der Waals surface area contributed by atoms with Crippen LogP contribution >= 0.6 is 12.4 Å². The number of carbonyl (C=O) groups is 1. The van der Waals surface area contributed by atoms with E-state index in [0.29, 0.717) is 6.42 Å². The molecule has 1 heterocycles. The first-order valence-corrected chi connectivity index (χ1v) is 6.71. The van der Waals surface area contributed by atoms with Crippen LogP contribution in [0.3, 0.4) is 0 Å². The smallest absolute Gasteiger partial charge is 0.222 e. The minimum absolute atomic E-state index is 0. The molecule has 106 valence electrons. The zero-order valence-corrected chi connectivity index (χ0v) is 12.6. The van der Waals surface area contributed by atoms with Gasteiger partial charge in [-0.25, -0.2) is 0 Å². The summed E-state index contributed by atoms with van der Waals surface area (Å²) in [5, 5.41) is 3.26. The zero-order chi connectivity index (χ0) is 13.0. The summed E-state index contributed by atoms with van der Waals surface area (Å²) < 4.78 is 0. The lowest BCUT2D eigenvalue weighted by atomic mass is 10.0. The molecule has 1 aromatic carbocycles. The summed E-state index contributed by atoms with van der Waals surface area (Å²) in [5.41, 5.74) is 3.83. The molecular weight excluding hydrogens is 260 g/mol. The van der Waals surface area contributed by atoms with Crippen molar-refractivity contribution >= 4 is 18.3 Å². The van der Waals surface area contributed by atoms with Crippen molar-refractivity contribution in [2.75, 3.05) is 26.2 Å². The Morgan fingerprint density at radius 1 is 1.16 bits per heavy atom. The molecule has 0 unspecified atom stereocenters. The van der Waals surface area contributed by atoms with Crippen LogP contribution in [-0.4, -0.2) is 37.0 Å². The van der Waals surface area contributed by atoms with Crippen LogP contribution in [0.25, 0.3) is 0 Å². The third-order valence-electron chi connectivity index (χ3n) is 3.38. The van der Waals surface area contributed by atoms with Gasteiger partial charge in [-0.1, -0.05) is 29.3 Å². The van der Waals surface area contributed by atoms with Gasteiger partial charge in [0.25, 0.3) is 0 Å². The van der Waals surface area contributed by atoms with E-state index in [1.54, 1.807) is 0 Å². The number of piperazine rings is 1. The lowest BCUT2D eigenvalue weighted by Gasteiger charge is -2.27. The highest BCUT2D eigenvalue weighted by Gasteiger charge is 2.15. The summed E-state index contributed by atoms with van der Waals surface area (Å²) >= 11 is 0. The second-order valence-corrected chi connectivity index (χ2v) is 5.13. The molecule has 0 bridgehead atoms. The molecule has 2 rings (SSSR count). The lowest BCUT2D eigenvalue weighted by Crippen LogP contribution is -2.46. The maximum absolute atomic E-state index is 12.0. The van der Waals surface area contributed by atoms with E-state index in [0.717, 1.165) is 32.6 Å². The first-order chi connectivity index (χ1) is 8.65. The standard InChI is InChI=1S/C15H22N2O.ClH/c1-12-9-13(2)11-14(10-12)3-4-15(18)17-7-5-16-6-8-17;/h9-11,16H,3-8H2,1-2H3;1H. The van der Waals surface area contributed by atoms with Crippen LogP contribution < -0.4 is 5.32 Å². The fourth-order valence-corrected chi connectivity index (χ4v) is 2.54. The summed E-state index contributed by atoms with van der Waals surface area (Å²) in [7, 11) is 0. The number of aryl methyl sites for hydroxylation is 3. The maximum Gasteiger partial charge on any atom is 0.222 e. The van der Waals surface area contributed by atoms with Crippen molar-refractivity contribution in [3.8, 4) is 0 Å². The minimum atomic E-state index is 0. The molecule has 0 spiro atoms. The predicted octanol–water partition coefficient (Wildman–Crippen LogP) is 2.09. The van der Waals surface area contributed by atoms with Gasteiger partial charge >= 0.3 is 0 Å². The minimum Gasteiger partial charge on any atom is -0.340 e. The quantitative estimate of drug-likeness (QED) is 0.921. The van der Waals surface area contributed by atoms with E-state index in [1.807, 2.05) is 4.90 Å². The van der Waals surface area contributed by atoms with Gasteiger partial charge in [0, 0.05) is 32.6 Å². The fraction of sp³-hybridized carbons (Fsp3) is 0.533. The van der Waals surface area contributed by atoms with Crippen LogP contribution in [0.4, 0.5) is 0 Å². The van der Waals surface area contributed by atoms with Crippen LogP contribution in [0.5, 0.6) is 0 Å². The number of benzene rings is 1. The van der Waals surface area contributed by atoms with Crippen molar-refractivity contribution in [1.82, 2.24) is 10.2 Å². The number of carbonyl (C=O) groups excluding carboxylic acids is 1. The summed E-state index contributed by atoms with van der Waals surface area (Å²) in [6, 6.07) is 6.53. The Morgan fingerprint density at radius 3 is 2.32 bits per heavy atom. The number of hydrogen-bond donors (Lipinski definition) is 1. The SMILES string of the molecule is Cc1cc(C)cc(CCC(=O)N2CCNCC2)c1.Cl. The Bertz CT molecular complexity index is 408. The van der Waals surface area contributed by atoms with Crippen molar-refractivity contribution in [3.63, 3.8) is 0 Å². The van der Waals surface area contributed by atoms with Crippen LogP contribution in [0.15, 0.2) is 18.2 Å². The molecule has 0 radical (unpaired) electrons. The molecule has 3 nitrogen and oxygen atoms in total. The monoisotopic (exact) mass is 282 g/mol. The fourth-order valence-electron chi connectivity index (χ4n) is 2.54. The normalized spacial score (nSPS) is 14.9. The second kappa shape index (κ2) is 7.51. The van der Waals surface area contributed by atoms with Gasteiger partial charge in [-0.2, -0.15) is 0 Å². The molecule has 1 saturated heterocycles. The summed E-state index contributed by atoms with van der Waals surface area (Å²) in [5.74, 6) is 0.288. The van der Waals surface area contributed by atoms with E-state index in [2.05, 4.69) is 37.4 Å². The Balaban J connectivity index is 0.00000180. The van der Waals surface area contributed by atoms with Gasteiger partial charge in [0.15, 0.2) is 0 Å². The van der Waals surface area contributed by atoms with Crippen molar-refractivity contribution in [3.05, 3.63) is 34.9 Å². The molecule has 4 heteroatoms. The number of nitrogens with zero attached hydrogens (tertiary/aromatic N) is 1. The van der Waals surface area contributed by atoms with E-state index in [1.165, 1.54) is 16.7 Å². The average Bonchev–Trinajstić information content (AvgIpc) is 2.36. The number of nitrogens with one attached hydrogen (secondary N) is 1. The van der Waals surface area contributed by atoms with Crippen molar-refractivity contribution in [2.24, 2.45) is 0 Å². The van der Waals surface area contributed by atoms with E-state index < -0.39 is 0 Å². The van der Waals surface area contributed by atoms with Crippen molar-refractivity contribution < 1.29 is 4.79 Å². The molecule has 1 amide bonds. The molecule has 1 N–H and O–H groups in total. The van der Waals surface area contributed by atoms with E-state index >= 15 is 0 Å². The maximum atomic E-state index is 12.0. The predicted molar refractivity (Wildman–Crippen MR) is 80.9 cm³/mol. The molecule has 0 aliphatic carbocycles. The molecule has 0 aromatic heterocycles. The van der Waals surface area contributed by atoms with Crippen LogP contribution in [0, 0.1) is 13.8 Å². The Kier molecular flexibility index (Phi) is 6.32. The number of amides is 1. The number of hydrogen-bond acceptors (Lipinski definition) is 2. The van der Waals surface area contributed by atoms with E-state index in [4.69, 9.17) is 0 Å². The van der Waals surface area contributed by atoms with E-state index in [9.17, 15) is 4.79 Å². The summed E-state index contributed by atoms with van der Waals surface area (Å²) in [6.45, 7) is 7.77. The van der Waals surface area contributed by atoms with Crippen molar-refractivity contribution in [2.45, 2.75) is 26.7 Å². The van der Waals surface area contributed by atoms with Crippen LogP contribution in [0.2, 0.25) is 0 Å². The molecule has 1 aromatic rings. The Labute approximate surface area is 121 Å². The molecule has 0 saturated carbocycles. The highest BCUT2D eigenvalue weighted by atomic mass is 35.5. The van der Waals surface area contributed by atoms with Gasteiger partial charge in [-0.05, 0) is 25.8 Å². The first kappa shape index (κ1) is 16.0. The molecule has 0 atom stereocenters. The molecular formula is C15H23ClN2O. The molecule has 1 fully saturated rings. The Morgan fingerprint density at radius 2 is 1.74 bits per heavy atom. The highest BCUT2D eigenvalue weighted by molar-refractivity contribution is 5.85. The zero-order valence-electron chi connectivity index (χ0n) is 11.7. The van der Waals surface area contributed by atoms with Gasteiger partial charge in [0.05, 0.1) is 0 Å². The molecule has 1 aliphatic rings. The summed E-state index contributed by atoms with van der Waals surface area (Å²) in [6.07, 6.45) is 1.48. The van der Waals surface area contributed by atoms with Crippen LogP contribution in [0.1, 0.15) is 23.1 Å². The van der Waals surface area contributed by atoms with Crippen molar-refractivity contribution in [1.29, 1.82) is 0 Å². The molecule has 19 heavy (non-hydrogen) atoms. The number of rotatable bonds is 3. The Hall–Kier alpha value is -1.06. The van der Waals surface area contributed by atoms with Gasteiger partial charge in [0.1, 0.15) is 0 Å². The largest absolute Gasteiger partial charge is 0.340 e. The second-order valence-electron chi connectivity index (χ2n) is 5.13. The highest BCUT2D eigenvalue weighted by Crippen LogP contribution is 2.11. The van der Waals surface area contributed by atoms with Crippen LogP contribution in [-0.2, 0) is 11.2 Å². The lowest BCUT2D eigenvalue weighted by molar-refractivity contribution is -0.131. The first-order valence-electron chi connectivity index (χ1n) is 6.71. The topological polar surface area (TPSA) is 32.3 Å². The molecule has 1 aliphatic heterocycles. The van der Waals surface area contributed by atoms with Gasteiger partial charge in [-0.15, -0.1) is 12.4 Å². The van der Waals surface area contributed by atoms with Gasteiger partial charge in [-0.3, -0.25) is 4.79 Å². The van der Waals surface area contributed by atoms with Gasteiger partial charge < -0.3 is 10.2 Å². The number of halogens is 1. The van der Waals surface area contributed by atoms with E-state index in [-0.39, 0.29) is 18.3 Å². The third kappa shape index (κ3) is 4.84. The third-order valence-corrected chi connectivity index (χ3v) is 3.38. The van der Waals surface area contributed by atoms with Gasteiger partial charge in [0.2, 0.25) is 5.91 Å². The summed E-state index contributed by atoms with van der Waals surface area (Å²) in [4.78, 5) is 14.0. The average molecular weight is 283 g/mol.